The van der Waals surface area contributed by atoms with E-state index in [1.165, 1.54) is 32.6 Å². The summed E-state index contributed by atoms with van der Waals surface area (Å²) >= 11 is 0. The van der Waals surface area contributed by atoms with Gasteiger partial charge in [0.2, 0.25) is 0 Å². The van der Waals surface area contributed by atoms with Gasteiger partial charge < -0.3 is 0 Å². The third-order valence-corrected chi connectivity index (χ3v) is 6.09. The lowest BCUT2D eigenvalue weighted by Crippen LogP contribution is -2.02. The predicted molar refractivity (Wildman–Crippen MR) is 125 cm³/mol. The van der Waals surface area contributed by atoms with Crippen molar-refractivity contribution in [3.63, 3.8) is 0 Å². The average molecular weight is 383 g/mol. The van der Waals surface area contributed by atoms with Crippen molar-refractivity contribution < 1.29 is 0 Å². The second-order valence-corrected chi connectivity index (χ2v) is 7.72. The van der Waals surface area contributed by atoms with Gasteiger partial charge in [-0.2, -0.15) is 0 Å². The summed E-state index contributed by atoms with van der Waals surface area (Å²) in [5, 5.41) is 4.88. The van der Waals surface area contributed by atoms with Gasteiger partial charge in [0.05, 0.1) is 22.1 Å². The molecule has 0 aliphatic carbocycles. The van der Waals surface area contributed by atoms with Crippen LogP contribution in [0.4, 0.5) is 0 Å². The highest BCUT2D eigenvalue weighted by Crippen LogP contribution is 2.35. The third kappa shape index (κ3) is 1.96. The van der Waals surface area contributed by atoms with Crippen LogP contribution in [0, 0.1) is 0 Å². The lowest BCUT2D eigenvalue weighted by atomic mass is 10.1. The van der Waals surface area contributed by atoms with Crippen molar-refractivity contribution in [2.75, 3.05) is 0 Å². The van der Waals surface area contributed by atoms with Crippen LogP contribution in [-0.4, -0.2) is 14.0 Å². The van der Waals surface area contributed by atoms with Gasteiger partial charge in [-0.25, -0.2) is 4.98 Å². The van der Waals surface area contributed by atoms with Crippen molar-refractivity contribution in [1.82, 2.24) is 14.0 Å². The van der Waals surface area contributed by atoms with Crippen molar-refractivity contribution in [2.24, 2.45) is 0 Å². The van der Waals surface area contributed by atoms with Crippen molar-refractivity contribution in [2.45, 2.75) is 0 Å². The lowest BCUT2D eigenvalue weighted by Gasteiger charge is -2.13. The topological polar surface area (TPSA) is 22.2 Å². The van der Waals surface area contributed by atoms with Gasteiger partial charge >= 0.3 is 0 Å². The summed E-state index contributed by atoms with van der Waals surface area (Å²) in [4.78, 5) is 5.02. The summed E-state index contributed by atoms with van der Waals surface area (Å²) in [5.74, 6) is 1.11. The number of fused-ring (bicyclic) bond motifs is 8. The number of pyridine rings is 1. The quantitative estimate of drug-likeness (QED) is 0.308. The first-order valence-electron chi connectivity index (χ1n) is 10.2. The number of benzene rings is 4. The highest BCUT2D eigenvalue weighted by molar-refractivity contribution is 6.10. The number of hydrogen-bond acceptors (Lipinski definition) is 1. The van der Waals surface area contributed by atoms with Crippen LogP contribution in [0.3, 0.4) is 0 Å². The summed E-state index contributed by atoms with van der Waals surface area (Å²) in [7, 11) is 0. The van der Waals surface area contributed by atoms with E-state index in [4.69, 9.17) is 4.98 Å². The van der Waals surface area contributed by atoms with Crippen LogP contribution in [0.15, 0.2) is 103 Å². The molecular formula is C27H17N3. The number of hydrogen-bond donors (Lipinski definition) is 0. The van der Waals surface area contributed by atoms with Gasteiger partial charge in [-0.1, -0.05) is 72.8 Å². The van der Waals surface area contributed by atoms with Crippen LogP contribution in [-0.2, 0) is 0 Å². The molecule has 0 unspecified atom stereocenters. The Morgan fingerprint density at radius 2 is 1.10 bits per heavy atom. The van der Waals surface area contributed by atoms with E-state index in [0.29, 0.717) is 0 Å². The van der Waals surface area contributed by atoms with E-state index in [1.54, 1.807) is 0 Å². The van der Waals surface area contributed by atoms with Crippen molar-refractivity contribution in [3.05, 3.63) is 103 Å². The molecule has 3 heteroatoms. The standard InChI is InChI=1S/C27H17N3/c1-2-10-19-18(9-1)17-26(30-25-16-8-5-13-22(25)28-27(19)30)29-23-14-6-3-11-20(23)21-12-4-7-15-24(21)29/h1-17H. The largest absolute Gasteiger partial charge is 0.295 e. The van der Waals surface area contributed by atoms with Crippen LogP contribution in [0.1, 0.15) is 0 Å². The van der Waals surface area contributed by atoms with Gasteiger partial charge in [-0.3, -0.25) is 8.97 Å². The Labute approximate surface area is 172 Å². The average Bonchev–Trinajstić information content (AvgIpc) is 3.35. The molecule has 0 spiro atoms. The fraction of sp³-hybridized carbons (Fsp3) is 0. The maximum absolute atomic E-state index is 5.02. The molecule has 0 fully saturated rings. The molecule has 7 aromatic rings. The summed E-state index contributed by atoms with van der Waals surface area (Å²) in [5.41, 5.74) is 5.53. The molecule has 0 aliphatic rings. The van der Waals surface area contributed by atoms with E-state index < -0.39 is 0 Å². The number of aromatic nitrogens is 3. The molecule has 30 heavy (non-hydrogen) atoms. The maximum atomic E-state index is 5.02. The molecule has 0 saturated heterocycles. The second kappa shape index (κ2) is 5.71. The van der Waals surface area contributed by atoms with Gasteiger partial charge in [-0.15, -0.1) is 0 Å². The Bertz CT molecular complexity index is 1700. The molecule has 0 radical (unpaired) electrons. The van der Waals surface area contributed by atoms with E-state index >= 15 is 0 Å². The fourth-order valence-corrected chi connectivity index (χ4v) is 4.80. The zero-order valence-electron chi connectivity index (χ0n) is 16.2. The summed E-state index contributed by atoms with van der Waals surface area (Å²) < 4.78 is 4.68. The molecule has 0 amide bonds. The Morgan fingerprint density at radius 3 is 1.83 bits per heavy atom. The van der Waals surface area contributed by atoms with E-state index in [1.807, 2.05) is 0 Å². The molecule has 0 bridgehead atoms. The Hall–Kier alpha value is -4.11. The zero-order chi connectivity index (χ0) is 19.7. The summed E-state index contributed by atoms with van der Waals surface area (Å²) in [6.45, 7) is 0. The lowest BCUT2D eigenvalue weighted by molar-refractivity contribution is 1.05. The highest BCUT2D eigenvalue weighted by atomic mass is 15.2. The molecule has 0 N–H and O–H groups in total. The minimum atomic E-state index is 0.992. The van der Waals surface area contributed by atoms with Crippen LogP contribution in [0.2, 0.25) is 0 Å². The number of nitrogens with zero attached hydrogens (tertiary/aromatic N) is 3. The Balaban J connectivity index is 1.79. The first kappa shape index (κ1) is 15.8. The normalized spacial score (nSPS) is 12.0. The van der Waals surface area contributed by atoms with Crippen molar-refractivity contribution >= 4 is 49.3 Å². The first-order valence-corrected chi connectivity index (χ1v) is 10.2. The molecule has 0 atom stereocenters. The van der Waals surface area contributed by atoms with Gasteiger partial charge in [-0.05, 0) is 35.7 Å². The number of para-hydroxylation sites is 4. The first-order chi connectivity index (χ1) is 14.9. The molecule has 3 nitrogen and oxygen atoms in total. The summed E-state index contributed by atoms with van der Waals surface area (Å²) in [6, 6.07) is 36.5. The summed E-state index contributed by atoms with van der Waals surface area (Å²) in [6.07, 6.45) is 0. The molecule has 4 aromatic carbocycles. The third-order valence-electron chi connectivity index (χ3n) is 6.09. The Morgan fingerprint density at radius 1 is 0.533 bits per heavy atom. The molecule has 3 heterocycles. The van der Waals surface area contributed by atoms with Gasteiger partial charge in [0.15, 0.2) is 0 Å². The minimum absolute atomic E-state index is 0.992. The van der Waals surface area contributed by atoms with Gasteiger partial charge in [0.1, 0.15) is 11.5 Å². The predicted octanol–water partition coefficient (Wildman–Crippen LogP) is 6.74. The van der Waals surface area contributed by atoms with E-state index in [9.17, 15) is 0 Å². The van der Waals surface area contributed by atoms with Crippen molar-refractivity contribution in [1.29, 1.82) is 0 Å². The molecule has 0 aliphatic heterocycles. The Kier molecular flexibility index (Phi) is 3.00. The number of rotatable bonds is 1. The van der Waals surface area contributed by atoms with Gasteiger partial charge in [0, 0.05) is 16.2 Å². The minimum Gasteiger partial charge on any atom is -0.295 e. The SMILES string of the molecule is c1ccc2c(c1)cc(-n1c3ccccc3c3ccccc31)n1c3ccccc3nc21. The van der Waals surface area contributed by atoms with Crippen molar-refractivity contribution in [3.8, 4) is 5.82 Å². The van der Waals surface area contributed by atoms with Crippen LogP contribution < -0.4 is 0 Å². The van der Waals surface area contributed by atoms with Crippen LogP contribution in [0.25, 0.3) is 55.1 Å². The molecule has 0 saturated carbocycles. The monoisotopic (exact) mass is 383 g/mol. The fourth-order valence-electron chi connectivity index (χ4n) is 4.80. The van der Waals surface area contributed by atoms with Gasteiger partial charge in [0.25, 0.3) is 0 Å². The molecular weight excluding hydrogens is 366 g/mol. The van der Waals surface area contributed by atoms with E-state index in [2.05, 4.69) is 112 Å². The zero-order valence-corrected chi connectivity index (χ0v) is 16.2. The number of imidazole rings is 1. The molecule has 140 valence electrons. The molecule has 7 rings (SSSR count). The van der Waals surface area contributed by atoms with Crippen LogP contribution >= 0.6 is 0 Å². The van der Waals surface area contributed by atoms with E-state index in [-0.39, 0.29) is 0 Å². The molecule has 3 aromatic heterocycles. The smallest absolute Gasteiger partial charge is 0.147 e. The maximum Gasteiger partial charge on any atom is 0.147 e. The highest BCUT2D eigenvalue weighted by Gasteiger charge is 2.17. The van der Waals surface area contributed by atoms with E-state index in [0.717, 1.165) is 22.5 Å². The second-order valence-electron chi connectivity index (χ2n) is 7.72. The van der Waals surface area contributed by atoms with Crippen LogP contribution in [0.5, 0.6) is 0 Å².